The summed E-state index contributed by atoms with van der Waals surface area (Å²) in [5.74, 6) is 0. The summed E-state index contributed by atoms with van der Waals surface area (Å²) in [7, 11) is 0. The molecule has 0 bridgehead atoms. The highest BCUT2D eigenvalue weighted by atomic mass is 32.1. The van der Waals surface area contributed by atoms with E-state index in [0.29, 0.717) is 0 Å². The molecule has 4 N–H and O–H groups in total. The predicted molar refractivity (Wildman–Crippen MR) is 63.0 cm³/mol. The Balaban J connectivity index is 2.90. The van der Waals surface area contributed by atoms with Crippen LogP contribution in [0.4, 0.5) is 5.69 Å². The van der Waals surface area contributed by atoms with Gasteiger partial charge in [-0.1, -0.05) is 30.4 Å². The molecule has 0 atom stereocenters. The van der Waals surface area contributed by atoms with Crippen LogP contribution >= 0.6 is 12.2 Å². The molecule has 0 unspecified atom stereocenters. The van der Waals surface area contributed by atoms with Gasteiger partial charge < -0.3 is 16.2 Å². The van der Waals surface area contributed by atoms with Gasteiger partial charge in [0.25, 0.3) is 0 Å². The number of rotatable bonds is 3. The van der Waals surface area contributed by atoms with E-state index in [1.807, 2.05) is 24.3 Å². The van der Waals surface area contributed by atoms with Crippen molar-refractivity contribution in [2.75, 3.05) is 11.9 Å². The topological polar surface area (TPSA) is 58.3 Å². The maximum absolute atomic E-state index is 8.64. The Kier molecular flexibility index (Phi) is 4.10. The van der Waals surface area contributed by atoms with Gasteiger partial charge in [-0.25, -0.2) is 0 Å². The lowest BCUT2D eigenvalue weighted by Crippen LogP contribution is -2.19. The number of nitrogens with one attached hydrogen (secondary N) is 1. The average molecular weight is 208 g/mol. The minimum absolute atomic E-state index is 0.0153. The maximum Gasteiger partial charge on any atom is 0.168 e. The van der Waals surface area contributed by atoms with Crippen LogP contribution in [0.2, 0.25) is 0 Å². The van der Waals surface area contributed by atoms with Crippen molar-refractivity contribution in [3.05, 3.63) is 35.9 Å². The van der Waals surface area contributed by atoms with E-state index in [4.69, 9.17) is 23.1 Å². The zero-order valence-corrected chi connectivity index (χ0v) is 8.42. The van der Waals surface area contributed by atoms with Crippen molar-refractivity contribution in [3.8, 4) is 0 Å². The summed E-state index contributed by atoms with van der Waals surface area (Å²) in [5.41, 5.74) is 7.15. The molecule has 0 radical (unpaired) electrons. The number of benzene rings is 1. The first-order valence-electron chi connectivity index (χ1n) is 4.17. The van der Waals surface area contributed by atoms with E-state index in [0.717, 1.165) is 11.3 Å². The second kappa shape index (κ2) is 5.36. The van der Waals surface area contributed by atoms with Crippen molar-refractivity contribution in [1.82, 2.24) is 0 Å². The van der Waals surface area contributed by atoms with Gasteiger partial charge in [0.15, 0.2) is 5.11 Å². The van der Waals surface area contributed by atoms with Crippen LogP contribution in [-0.2, 0) is 0 Å². The van der Waals surface area contributed by atoms with E-state index in [1.54, 1.807) is 12.2 Å². The normalized spacial score (nSPS) is 10.4. The standard InChI is InChI=1S/C10H12N2OS/c11-10(14)12-9-6-2-1-4-8(9)5-3-7-13/h1-6,13H,7H2,(H3,11,12,14). The summed E-state index contributed by atoms with van der Waals surface area (Å²) in [4.78, 5) is 0. The number of hydrogen-bond donors (Lipinski definition) is 3. The van der Waals surface area contributed by atoms with Crippen molar-refractivity contribution < 1.29 is 5.11 Å². The van der Waals surface area contributed by atoms with Gasteiger partial charge in [-0.05, 0) is 23.8 Å². The molecule has 0 spiro atoms. The third-order valence-electron chi connectivity index (χ3n) is 1.62. The number of thiocarbonyl (C=S) groups is 1. The fourth-order valence-corrected chi connectivity index (χ4v) is 1.18. The second-order valence-corrected chi connectivity index (χ2v) is 3.10. The van der Waals surface area contributed by atoms with Gasteiger partial charge in [-0.3, -0.25) is 0 Å². The zero-order valence-electron chi connectivity index (χ0n) is 7.60. The molecule has 4 heteroatoms. The van der Waals surface area contributed by atoms with Crippen molar-refractivity contribution in [2.24, 2.45) is 5.73 Å². The zero-order chi connectivity index (χ0) is 10.4. The molecule has 0 saturated carbocycles. The molecule has 0 heterocycles. The van der Waals surface area contributed by atoms with Gasteiger partial charge in [0, 0.05) is 5.69 Å². The second-order valence-electron chi connectivity index (χ2n) is 2.66. The third kappa shape index (κ3) is 3.16. The molecule has 1 aromatic rings. The van der Waals surface area contributed by atoms with Crippen LogP contribution in [0.5, 0.6) is 0 Å². The Labute approximate surface area is 88.2 Å². The minimum Gasteiger partial charge on any atom is -0.392 e. The van der Waals surface area contributed by atoms with Crippen molar-refractivity contribution >= 4 is 29.1 Å². The van der Waals surface area contributed by atoms with Crippen molar-refractivity contribution in [3.63, 3.8) is 0 Å². The van der Waals surface area contributed by atoms with Gasteiger partial charge in [-0.2, -0.15) is 0 Å². The first kappa shape index (κ1) is 10.7. The van der Waals surface area contributed by atoms with Crippen LogP contribution in [0.1, 0.15) is 5.56 Å². The monoisotopic (exact) mass is 208 g/mol. The SMILES string of the molecule is NC(=S)Nc1ccccc1C=CCO. The Bertz CT molecular complexity index is 350. The molecule has 0 amide bonds. The van der Waals surface area contributed by atoms with E-state index in [1.165, 1.54) is 0 Å². The smallest absolute Gasteiger partial charge is 0.168 e. The fraction of sp³-hybridized carbons (Fsp3) is 0.100. The highest BCUT2D eigenvalue weighted by molar-refractivity contribution is 7.80. The first-order chi connectivity index (χ1) is 6.74. The Morgan fingerprint density at radius 2 is 2.21 bits per heavy atom. The van der Waals surface area contributed by atoms with Gasteiger partial charge in [0.2, 0.25) is 0 Å². The van der Waals surface area contributed by atoms with Crippen LogP contribution < -0.4 is 11.1 Å². The number of nitrogens with two attached hydrogens (primary N) is 1. The van der Waals surface area contributed by atoms with Crippen molar-refractivity contribution in [2.45, 2.75) is 0 Å². The van der Waals surface area contributed by atoms with Gasteiger partial charge in [-0.15, -0.1) is 0 Å². The van der Waals surface area contributed by atoms with Crippen LogP contribution in [0.3, 0.4) is 0 Å². The minimum atomic E-state index is 0.0153. The first-order valence-corrected chi connectivity index (χ1v) is 4.57. The molecule has 1 aromatic carbocycles. The molecule has 0 saturated heterocycles. The molecule has 0 fully saturated rings. The maximum atomic E-state index is 8.64. The Hall–Kier alpha value is -1.39. The summed E-state index contributed by atoms with van der Waals surface area (Å²) in [6.07, 6.45) is 3.46. The van der Waals surface area contributed by atoms with Crippen LogP contribution in [-0.4, -0.2) is 16.8 Å². The quantitative estimate of drug-likeness (QED) is 0.656. The molecule has 0 aliphatic carbocycles. The molecule has 14 heavy (non-hydrogen) atoms. The molecule has 0 aliphatic heterocycles. The number of anilines is 1. The third-order valence-corrected chi connectivity index (χ3v) is 1.72. The van der Waals surface area contributed by atoms with Gasteiger partial charge in [0.05, 0.1) is 6.61 Å². The molecular formula is C10H12N2OS. The van der Waals surface area contributed by atoms with E-state index in [-0.39, 0.29) is 11.7 Å². The highest BCUT2D eigenvalue weighted by Gasteiger charge is 1.97. The van der Waals surface area contributed by atoms with Crippen LogP contribution in [0.25, 0.3) is 6.08 Å². The van der Waals surface area contributed by atoms with E-state index < -0.39 is 0 Å². The van der Waals surface area contributed by atoms with Gasteiger partial charge >= 0.3 is 0 Å². The summed E-state index contributed by atoms with van der Waals surface area (Å²) in [5, 5.41) is 11.7. The molecular weight excluding hydrogens is 196 g/mol. The van der Waals surface area contributed by atoms with E-state index >= 15 is 0 Å². The summed E-state index contributed by atoms with van der Waals surface area (Å²) in [6, 6.07) is 7.57. The Morgan fingerprint density at radius 1 is 1.50 bits per heavy atom. The lowest BCUT2D eigenvalue weighted by molar-refractivity contribution is 0.343. The van der Waals surface area contributed by atoms with E-state index in [9.17, 15) is 0 Å². The van der Waals surface area contributed by atoms with Gasteiger partial charge in [0.1, 0.15) is 0 Å². The summed E-state index contributed by atoms with van der Waals surface area (Å²) < 4.78 is 0. The number of hydrogen-bond acceptors (Lipinski definition) is 2. The Morgan fingerprint density at radius 3 is 2.86 bits per heavy atom. The van der Waals surface area contributed by atoms with Crippen molar-refractivity contribution in [1.29, 1.82) is 0 Å². The lowest BCUT2D eigenvalue weighted by atomic mass is 10.1. The number of aliphatic hydroxyl groups is 1. The highest BCUT2D eigenvalue weighted by Crippen LogP contribution is 2.15. The van der Waals surface area contributed by atoms with Crippen LogP contribution in [0.15, 0.2) is 30.3 Å². The lowest BCUT2D eigenvalue weighted by Gasteiger charge is -2.06. The number of aliphatic hydroxyl groups excluding tert-OH is 1. The largest absolute Gasteiger partial charge is 0.392 e. The van der Waals surface area contributed by atoms with E-state index in [2.05, 4.69) is 5.32 Å². The summed E-state index contributed by atoms with van der Waals surface area (Å²) in [6.45, 7) is 0.0153. The average Bonchev–Trinajstić information content (AvgIpc) is 2.16. The molecule has 74 valence electrons. The fourth-order valence-electron chi connectivity index (χ4n) is 1.07. The molecule has 1 rings (SSSR count). The summed E-state index contributed by atoms with van der Waals surface area (Å²) >= 11 is 4.74. The van der Waals surface area contributed by atoms with Crippen LogP contribution in [0, 0.1) is 0 Å². The molecule has 0 aliphatic rings. The number of para-hydroxylation sites is 1. The molecule has 3 nitrogen and oxygen atoms in total. The molecule has 0 aromatic heterocycles. The predicted octanol–water partition coefficient (Wildman–Crippen LogP) is 1.35.